The van der Waals surface area contributed by atoms with Crippen molar-refractivity contribution in [1.29, 1.82) is 0 Å². The van der Waals surface area contributed by atoms with Crippen molar-refractivity contribution >= 4 is 28.5 Å². The van der Waals surface area contributed by atoms with Crippen molar-refractivity contribution in [1.82, 2.24) is 5.32 Å². The van der Waals surface area contributed by atoms with Crippen molar-refractivity contribution in [2.75, 3.05) is 6.61 Å². The predicted octanol–water partition coefficient (Wildman–Crippen LogP) is 2.94. The number of carbonyl (C=O) groups is 2. The third-order valence-corrected chi connectivity index (χ3v) is 6.93. The van der Waals surface area contributed by atoms with Crippen molar-refractivity contribution < 1.29 is 23.7 Å². The largest absolute Gasteiger partial charge is 0.452 e. The molecule has 0 unspecified atom stereocenters. The smallest absolute Gasteiger partial charge is 0.351 e. The number of rotatable bonds is 5. The van der Waals surface area contributed by atoms with Crippen LogP contribution in [0.15, 0.2) is 33.5 Å². The molecule has 1 N–H and O–H groups in total. The second-order valence-corrected chi connectivity index (χ2v) is 9.22. The summed E-state index contributed by atoms with van der Waals surface area (Å²) in [5, 5.41) is 14.4. The van der Waals surface area contributed by atoms with E-state index in [0.29, 0.717) is 17.8 Å². The van der Waals surface area contributed by atoms with E-state index in [1.165, 1.54) is 43.5 Å². The predicted molar refractivity (Wildman–Crippen MR) is 108 cm³/mol. The number of non-ortho nitro benzene ring substituents is 1. The Morgan fingerprint density at radius 3 is 2.42 bits per heavy atom. The molecule has 9 nitrogen and oxygen atoms in total. The summed E-state index contributed by atoms with van der Waals surface area (Å²) in [5.41, 5.74) is -2.24. The minimum atomic E-state index is -1.05. The van der Waals surface area contributed by atoms with Gasteiger partial charge in [-0.15, -0.1) is 0 Å². The molecule has 4 fully saturated rings. The van der Waals surface area contributed by atoms with Crippen LogP contribution in [0.2, 0.25) is 0 Å². The van der Waals surface area contributed by atoms with E-state index in [-0.39, 0.29) is 28.1 Å². The molecule has 0 spiro atoms. The van der Waals surface area contributed by atoms with Crippen LogP contribution in [0.1, 0.15) is 48.9 Å². The van der Waals surface area contributed by atoms with E-state index in [9.17, 15) is 24.5 Å². The van der Waals surface area contributed by atoms with Crippen LogP contribution >= 0.6 is 0 Å². The van der Waals surface area contributed by atoms with Crippen LogP contribution < -0.4 is 10.9 Å². The Labute approximate surface area is 176 Å². The van der Waals surface area contributed by atoms with E-state index in [2.05, 4.69) is 5.32 Å². The van der Waals surface area contributed by atoms with E-state index in [1.807, 2.05) is 0 Å². The number of carbonyl (C=O) groups excluding carboxylic acids is 2. The normalized spacial score (nSPS) is 28.5. The lowest BCUT2D eigenvalue weighted by Gasteiger charge is -2.56. The van der Waals surface area contributed by atoms with Crippen LogP contribution in [0.5, 0.6) is 0 Å². The average molecular weight is 426 g/mol. The second-order valence-electron chi connectivity index (χ2n) is 9.22. The maximum absolute atomic E-state index is 12.5. The van der Waals surface area contributed by atoms with Crippen molar-refractivity contribution in [2.24, 2.45) is 17.8 Å². The maximum atomic E-state index is 12.5. The summed E-state index contributed by atoms with van der Waals surface area (Å²) >= 11 is 0. The standard InChI is InChI=1S/C22H22N2O7/c25-18(23-22-8-12-4-13(9-22)6-14(5-12)10-22)11-30-20(26)16-7-15-2-1-3-17(24(28)29)19(15)31-21(16)27/h1-3,7,12-14H,4-6,8-11H2,(H,23,25). The number of nitrogens with zero attached hydrogens (tertiary/aromatic N) is 1. The highest BCUT2D eigenvalue weighted by Crippen LogP contribution is 2.55. The Hall–Kier alpha value is -3.23. The van der Waals surface area contributed by atoms with Crippen LogP contribution in [-0.4, -0.2) is 28.9 Å². The zero-order chi connectivity index (χ0) is 21.8. The van der Waals surface area contributed by atoms with Gasteiger partial charge in [0.15, 0.2) is 6.61 Å². The Morgan fingerprint density at radius 1 is 1.16 bits per heavy atom. The minimum absolute atomic E-state index is 0.195. The van der Waals surface area contributed by atoms with Crippen molar-refractivity contribution in [3.05, 3.63) is 50.4 Å². The second kappa shape index (κ2) is 7.18. The van der Waals surface area contributed by atoms with Gasteiger partial charge in [-0.1, -0.05) is 12.1 Å². The van der Waals surface area contributed by atoms with Gasteiger partial charge in [0.05, 0.1) is 4.92 Å². The number of benzene rings is 1. The first-order valence-corrected chi connectivity index (χ1v) is 10.5. The van der Waals surface area contributed by atoms with Gasteiger partial charge in [0, 0.05) is 17.0 Å². The first kappa shape index (κ1) is 19.7. The fourth-order valence-electron chi connectivity index (χ4n) is 6.22. The van der Waals surface area contributed by atoms with Gasteiger partial charge in [-0.2, -0.15) is 0 Å². The number of esters is 1. The Kier molecular flexibility index (Phi) is 4.56. The van der Waals surface area contributed by atoms with E-state index >= 15 is 0 Å². The molecule has 4 saturated carbocycles. The molecular formula is C22H22N2O7. The molecule has 1 aromatic heterocycles. The molecule has 0 saturated heterocycles. The van der Waals surface area contributed by atoms with E-state index in [0.717, 1.165) is 19.3 Å². The molecule has 162 valence electrons. The summed E-state index contributed by atoms with van der Waals surface area (Å²) in [5.74, 6) is 0.625. The monoisotopic (exact) mass is 426 g/mol. The molecule has 4 bridgehead atoms. The van der Waals surface area contributed by atoms with Crippen LogP contribution in [0.25, 0.3) is 11.0 Å². The van der Waals surface area contributed by atoms with Crippen molar-refractivity contribution in [2.45, 2.75) is 44.1 Å². The number of amides is 1. The molecule has 0 atom stereocenters. The third kappa shape index (κ3) is 3.58. The Bertz CT molecular complexity index is 1120. The van der Waals surface area contributed by atoms with Crippen LogP contribution in [0, 0.1) is 27.9 Å². The summed E-state index contributed by atoms with van der Waals surface area (Å²) in [6.07, 6.45) is 6.68. The van der Waals surface area contributed by atoms with Crippen LogP contribution in [0.4, 0.5) is 5.69 Å². The van der Waals surface area contributed by atoms with Crippen molar-refractivity contribution in [3.63, 3.8) is 0 Å². The first-order chi connectivity index (χ1) is 14.8. The Morgan fingerprint density at radius 2 is 1.81 bits per heavy atom. The number of para-hydroxylation sites is 1. The molecule has 9 heteroatoms. The average Bonchev–Trinajstić information content (AvgIpc) is 2.69. The Balaban J connectivity index is 1.27. The number of hydrogen-bond donors (Lipinski definition) is 1. The molecular weight excluding hydrogens is 404 g/mol. The molecule has 1 amide bonds. The van der Waals surface area contributed by atoms with Crippen LogP contribution in [-0.2, 0) is 9.53 Å². The molecule has 0 aliphatic heterocycles. The quantitative estimate of drug-likeness (QED) is 0.337. The van der Waals surface area contributed by atoms with Gasteiger partial charge < -0.3 is 14.5 Å². The highest BCUT2D eigenvalue weighted by atomic mass is 16.6. The van der Waals surface area contributed by atoms with Gasteiger partial charge in [0.2, 0.25) is 5.58 Å². The zero-order valence-corrected chi connectivity index (χ0v) is 16.8. The molecule has 31 heavy (non-hydrogen) atoms. The molecule has 1 aromatic carbocycles. The lowest BCUT2D eigenvalue weighted by atomic mass is 9.53. The minimum Gasteiger partial charge on any atom is -0.452 e. The van der Waals surface area contributed by atoms with E-state index < -0.39 is 28.7 Å². The number of nitro groups is 1. The van der Waals surface area contributed by atoms with E-state index in [4.69, 9.17) is 9.15 Å². The summed E-state index contributed by atoms with van der Waals surface area (Å²) < 4.78 is 10.1. The van der Waals surface area contributed by atoms with Crippen LogP contribution in [0.3, 0.4) is 0 Å². The zero-order valence-electron chi connectivity index (χ0n) is 16.8. The lowest BCUT2D eigenvalue weighted by molar-refractivity contribution is -0.383. The number of nitrogens with one attached hydrogen (secondary N) is 1. The number of ether oxygens (including phenoxy) is 1. The fourth-order valence-corrected chi connectivity index (χ4v) is 6.22. The molecule has 4 aliphatic carbocycles. The molecule has 4 aliphatic rings. The summed E-state index contributed by atoms with van der Waals surface area (Å²) in [4.78, 5) is 47.5. The van der Waals surface area contributed by atoms with Gasteiger partial charge in [0.1, 0.15) is 5.56 Å². The van der Waals surface area contributed by atoms with Crippen molar-refractivity contribution in [3.8, 4) is 0 Å². The van der Waals surface area contributed by atoms with Gasteiger partial charge >= 0.3 is 17.3 Å². The van der Waals surface area contributed by atoms with Gasteiger partial charge in [-0.3, -0.25) is 14.9 Å². The molecule has 0 radical (unpaired) electrons. The van der Waals surface area contributed by atoms with Gasteiger partial charge in [-0.25, -0.2) is 9.59 Å². The molecule has 1 heterocycles. The number of nitro benzene ring substituents is 1. The molecule has 2 aromatic rings. The number of fused-ring (bicyclic) bond motifs is 1. The summed E-state index contributed by atoms with van der Waals surface area (Å²) in [7, 11) is 0. The third-order valence-electron chi connectivity index (χ3n) is 6.93. The molecule has 6 rings (SSSR count). The van der Waals surface area contributed by atoms with Gasteiger partial charge in [-0.05, 0) is 62.3 Å². The highest BCUT2D eigenvalue weighted by molar-refractivity contribution is 5.95. The number of hydrogen-bond acceptors (Lipinski definition) is 7. The highest BCUT2D eigenvalue weighted by Gasteiger charge is 2.51. The topological polar surface area (TPSA) is 129 Å². The summed E-state index contributed by atoms with van der Waals surface area (Å²) in [6.45, 7) is -0.493. The van der Waals surface area contributed by atoms with E-state index in [1.54, 1.807) is 0 Å². The SMILES string of the molecule is O=C(COC(=O)c1cc2cccc([N+](=O)[O-])c2oc1=O)NC12CC3CC(CC(C3)C1)C2. The lowest BCUT2D eigenvalue weighted by Crippen LogP contribution is -2.60. The summed E-state index contributed by atoms with van der Waals surface area (Å²) in [6, 6.07) is 5.31. The maximum Gasteiger partial charge on any atom is 0.351 e. The first-order valence-electron chi connectivity index (χ1n) is 10.5. The van der Waals surface area contributed by atoms with Gasteiger partial charge in [0.25, 0.3) is 5.91 Å². The fraction of sp³-hybridized carbons (Fsp3) is 0.500.